The third-order valence-corrected chi connectivity index (χ3v) is 8.99. The maximum absolute atomic E-state index is 6.09. The Morgan fingerprint density at radius 2 is 1.21 bits per heavy atom. The summed E-state index contributed by atoms with van der Waals surface area (Å²) in [6.45, 7) is 0. The predicted octanol–water partition coefficient (Wildman–Crippen LogP) is 10.5. The highest BCUT2D eigenvalue weighted by Gasteiger charge is 2.24. The average Bonchev–Trinajstić information content (AvgIpc) is 3.70. The van der Waals surface area contributed by atoms with Gasteiger partial charge in [-0.05, 0) is 65.2 Å². The van der Waals surface area contributed by atoms with E-state index in [0.29, 0.717) is 0 Å². The van der Waals surface area contributed by atoms with E-state index in [1.54, 1.807) is 0 Å². The average molecular weight is 535 g/mol. The van der Waals surface area contributed by atoms with Crippen LogP contribution in [0.4, 0.5) is 0 Å². The zero-order valence-electron chi connectivity index (χ0n) is 22.5. The Morgan fingerprint density at radius 3 is 2.17 bits per heavy atom. The van der Waals surface area contributed by atoms with Gasteiger partial charge >= 0.3 is 0 Å². The Bertz CT molecular complexity index is 2550. The van der Waals surface area contributed by atoms with Crippen LogP contribution in [-0.4, -0.2) is 9.55 Å². The molecular formula is C39H22N2O. The van der Waals surface area contributed by atoms with Gasteiger partial charge < -0.3 is 8.98 Å². The van der Waals surface area contributed by atoms with Gasteiger partial charge in [0.2, 0.25) is 0 Å². The number of para-hydroxylation sites is 2. The highest BCUT2D eigenvalue weighted by Crippen LogP contribution is 2.48. The van der Waals surface area contributed by atoms with Crippen LogP contribution in [0.25, 0.3) is 93.7 Å². The molecule has 0 N–H and O–H groups in total. The summed E-state index contributed by atoms with van der Waals surface area (Å²) < 4.78 is 8.52. The first-order valence-corrected chi connectivity index (χ1v) is 14.3. The van der Waals surface area contributed by atoms with Crippen molar-refractivity contribution in [3.8, 4) is 39.2 Å². The van der Waals surface area contributed by atoms with Gasteiger partial charge in [0.15, 0.2) is 0 Å². The van der Waals surface area contributed by atoms with Crippen LogP contribution in [0.15, 0.2) is 138 Å². The molecule has 0 unspecified atom stereocenters. The molecule has 0 fully saturated rings. The molecular weight excluding hydrogens is 512 g/mol. The SMILES string of the molecule is c1cnc2c(c1)-c1cccc3c(-n4c5ccccc5c5cc(-c6ccc7oc8ccccc8c7c6)ccc54)ccc-2c13. The molecule has 3 nitrogen and oxygen atoms in total. The number of rotatable bonds is 2. The Balaban J connectivity index is 1.22. The van der Waals surface area contributed by atoms with Crippen LogP contribution < -0.4 is 0 Å². The van der Waals surface area contributed by atoms with Gasteiger partial charge in [0, 0.05) is 49.6 Å². The monoisotopic (exact) mass is 534 g/mol. The molecule has 1 aliphatic carbocycles. The number of hydrogen-bond acceptors (Lipinski definition) is 2. The van der Waals surface area contributed by atoms with Gasteiger partial charge in [0.05, 0.1) is 22.4 Å². The standard InChI is InChI=1S/C39H22N2O/c1-3-12-33-25(7-1)31-21-23(24-15-19-37-32(22-24)26-8-2-4-13-36(26)42-37)14-17-35(31)41(33)34-18-16-30-38-27(9-5-10-29(34)38)28-11-6-20-40-39(28)30/h1-22H. The largest absolute Gasteiger partial charge is 0.456 e. The minimum atomic E-state index is 0.919. The molecule has 194 valence electrons. The molecule has 0 spiro atoms. The molecule has 0 saturated heterocycles. The van der Waals surface area contributed by atoms with Gasteiger partial charge in [-0.3, -0.25) is 4.98 Å². The van der Waals surface area contributed by atoms with Crippen LogP contribution in [0.2, 0.25) is 0 Å². The minimum Gasteiger partial charge on any atom is -0.456 e. The van der Waals surface area contributed by atoms with Crippen molar-refractivity contribution in [1.82, 2.24) is 9.55 Å². The second-order valence-electron chi connectivity index (χ2n) is 11.2. The first kappa shape index (κ1) is 22.1. The molecule has 6 aromatic carbocycles. The lowest BCUT2D eigenvalue weighted by Gasteiger charge is -2.13. The van der Waals surface area contributed by atoms with Crippen molar-refractivity contribution in [2.24, 2.45) is 0 Å². The van der Waals surface area contributed by atoms with E-state index in [9.17, 15) is 0 Å². The van der Waals surface area contributed by atoms with Crippen molar-refractivity contribution >= 4 is 54.5 Å². The van der Waals surface area contributed by atoms with E-state index in [4.69, 9.17) is 9.40 Å². The predicted molar refractivity (Wildman–Crippen MR) is 173 cm³/mol. The molecule has 0 atom stereocenters. The number of hydrogen-bond donors (Lipinski definition) is 0. The van der Waals surface area contributed by atoms with Crippen molar-refractivity contribution < 1.29 is 4.42 Å². The smallest absolute Gasteiger partial charge is 0.135 e. The second-order valence-corrected chi connectivity index (χ2v) is 11.2. The third kappa shape index (κ3) is 2.82. The fourth-order valence-electron chi connectivity index (χ4n) is 7.16. The van der Waals surface area contributed by atoms with E-state index in [2.05, 4.69) is 114 Å². The lowest BCUT2D eigenvalue weighted by atomic mass is 10.0. The maximum atomic E-state index is 6.09. The summed E-state index contributed by atoms with van der Waals surface area (Å²) in [4.78, 5) is 4.75. The number of nitrogens with zero attached hydrogens (tertiary/aromatic N) is 2. The van der Waals surface area contributed by atoms with Crippen molar-refractivity contribution in [1.29, 1.82) is 0 Å². The Hall–Kier alpha value is -5.67. The second kappa shape index (κ2) is 7.96. The van der Waals surface area contributed by atoms with Gasteiger partial charge in [-0.15, -0.1) is 0 Å². The molecule has 3 aromatic heterocycles. The van der Waals surface area contributed by atoms with Gasteiger partial charge in [-0.1, -0.05) is 78.9 Å². The van der Waals surface area contributed by atoms with E-state index in [0.717, 1.165) is 27.6 Å². The van der Waals surface area contributed by atoms with Crippen LogP contribution in [0.5, 0.6) is 0 Å². The summed E-state index contributed by atoms with van der Waals surface area (Å²) in [5, 5.41) is 7.31. The molecule has 0 radical (unpaired) electrons. The normalized spacial score (nSPS) is 12.3. The maximum Gasteiger partial charge on any atom is 0.135 e. The summed E-state index contributed by atoms with van der Waals surface area (Å²) in [5.74, 6) is 0. The summed E-state index contributed by atoms with van der Waals surface area (Å²) in [6.07, 6.45) is 1.89. The molecule has 0 amide bonds. The lowest BCUT2D eigenvalue weighted by molar-refractivity contribution is 0.669. The van der Waals surface area contributed by atoms with E-state index in [1.807, 2.05) is 24.4 Å². The quantitative estimate of drug-likeness (QED) is 0.221. The van der Waals surface area contributed by atoms with E-state index < -0.39 is 0 Å². The summed E-state index contributed by atoms with van der Waals surface area (Å²) in [5.41, 5.74) is 12.6. The van der Waals surface area contributed by atoms with Crippen molar-refractivity contribution in [3.05, 3.63) is 134 Å². The molecule has 10 rings (SSSR count). The molecule has 3 heterocycles. The van der Waals surface area contributed by atoms with Crippen LogP contribution >= 0.6 is 0 Å². The fourth-order valence-corrected chi connectivity index (χ4v) is 7.16. The number of fused-ring (bicyclic) bond motifs is 9. The molecule has 9 aromatic rings. The van der Waals surface area contributed by atoms with Gasteiger partial charge in [0.1, 0.15) is 11.2 Å². The first-order valence-electron chi connectivity index (χ1n) is 14.3. The molecule has 1 aliphatic rings. The number of pyridine rings is 1. The minimum absolute atomic E-state index is 0.919. The third-order valence-electron chi connectivity index (χ3n) is 8.99. The van der Waals surface area contributed by atoms with Crippen LogP contribution in [0.3, 0.4) is 0 Å². The number of benzene rings is 6. The molecule has 0 bridgehead atoms. The van der Waals surface area contributed by atoms with Crippen LogP contribution in [0.1, 0.15) is 0 Å². The lowest BCUT2D eigenvalue weighted by Crippen LogP contribution is -1.96. The van der Waals surface area contributed by atoms with E-state index >= 15 is 0 Å². The fraction of sp³-hybridized carbons (Fsp3) is 0. The Kier molecular flexibility index (Phi) is 4.18. The van der Waals surface area contributed by atoms with E-state index in [-0.39, 0.29) is 0 Å². The topological polar surface area (TPSA) is 31.0 Å². The zero-order chi connectivity index (χ0) is 27.4. The van der Waals surface area contributed by atoms with Crippen LogP contribution in [-0.2, 0) is 0 Å². The molecule has 0 aliphatic heterocycles. The highest BCUT2D eigenvalue weighted by molar-refractivity contribution is 6.18. The number of furan rings is 1. The van der Waals surface area contributed by atoms with Gasteiger partial charge in [-0.25, -0.2) is 0 Å². The van der Waals surface area contributed by atoms with E-state index in [1.165, 1.54) is 66.1 Å². The summed E-state index contributed by atoms with van der Waals surface area (Å²) in [6, 6.07) is 45.8. The van der Waals surface area contributed by atoms with Crippen molar-refractivity contribution in [3.63, 3.8) is 0 Å². The summed E-state index contributed by atoms with van der Waals surface area (Å²) in [7, 11) is 0. The highest BCUT2D eigenvalue weighted by atomic mass is 16.3. The molecule has 42 heavy (non-hydrogen) atoms. The van der Waals surface area contributed by atoms with Crippen molar-refractivity contribution in [2.45, 2.75) is 0 Å². The van der Waals surface area contributed by atoms with Gasteiger partial charge in [-0.2, -0.15) is 0 Å². The first-order chi connectivity index (χ1) is 20.8. The van der Waals surface area contributed by atoms with Crippen LogP contribution in [0, 0.1) is 0 Å². The van der Waals surface area contributed by atoms with Crippen molar-refractivity contribution in [2.75, 3.05) is 0 Å². The Morgan fingerprint density at radius 1 is 0.476 bits per heavy atom. The molecule has 0 saturated carbocycles. The number of aromatic nitrogens is 2. The molecule has 3 heteroatoms. The summed E-state index contributed by atoms with van der Waals surface area (Å²) >= 11 is 0. The Labute approximate surface area is 240 Å². The zero-order valence-corrected chi connectivity index (χ0v) is 22.5. The van der Waals surface area contributed by atoms with Gasteiger partial charge in [0.25, 0.3) is 0 Å².